The Labute approximate surface area is 158 Å². The van der Waals surface area contributed by atoms with E-state index < -0.39 is 0 Å². The lowest BCUT2D eigenvalue weighted by molar-refractivity contribution is -0.117. The molecule has 0 saturated heterocycles. The van der Waals surface area contributed by atoms with Gasteiger partial charge in [0.15, 0.2) is 0 Å². The topological polar surface area (TPSA) is 67.4 Å². The van der Waals surface area contributed by atoms with E-state index in [-0.39, 0.29) is 17.7 Å². The molecule has 0 spiro atoms. The van der Waals surface area contributed by atoms with E-state index in [1.807, 2.05) is 43.3 Å². The van der Waals surface area contributed by atoms with Crippen LogP contribution in [0.2, 0.25) is 0 Å². The molecule has 0 saturated carbocycles. The van der Waals surface area contributed by atoms with Crippen molar-refractivity contribution in [1.82, 2.24) is 5.32 Å². The molecule has 3 rings (SSSR count). The van der Waals surface area contributed by atoms with Crippen molar-refractivity contribution in [2.45, 2.75) is 12.8 Å². The fourth-order valence-corrected chi connectivity index (χ4v) is 2.96. The van der Waals surface area contributed by atoms with Crippen LogP contribution in [0.1, 0.15) is 28.8 Å². The predicted octanol–water partition coefficient (Wildman–Crippen LogP) is 3.95. The Bertz CT molecular complexity index is 998. The molecule has 5 heteroatoms. The van der Waals surface area contributed by atoms with Crippen molar-refractivity contribution < 1.29 is 14.3 Å². The van der Waals surface area contributed by atoms with Gasteiger partial charge < -0.3 is 15.4 Å². The van der Waals surface area contributed by atoms with Gasteiger partial charge in [-0.1, -0.05) is 36.4 Å². The molecule has 0 aromatic heterocycles. The van der Waals surface area contributed by atoms with Crippen molar-refractivity contribution in [3.63, 3.8) is 0 Å². The van der Waals surface area contributed by atoms with Crippen molar-refractivity contribution in [3.8, 4) is 5.75 Å². The summed E-state index contributed by atoms with van der Waals surface area (Å²) in [6.45, 7) is 1.85. The molecule has 27 heavy (non-hydrogen) atoms. The molecule has 0 heterocycles. The Kier molecular flexibility index (Phi) is 5.41. The first-order valence-corrected chi connectivity index (χ1v) is 8.73. The van der Waals surface area contributed by atoms with E-state index in [9.17, 15) is 9.59 Å². The third-order valence-electron chi connectivity index (χ3n) is 4.62. The molecule has 0 aliphatic carbocycles. The average Bonchev–Trinajstić information content (AvgIpc) is 2.72. The van der Waals surface area contributed by atoms with Gasteiger partial charge >= 0.3 is 0 Å². The first-order chi connectivity index (χ1) is 13.0. The van der Waals surface area contributed by atoms with E-state index in [1.54, 1.807) is 38.4 Å². The number of para-hydroxylation sites is 1. The number of carbonyl (C=O) groups is 2. The normalized spacial score (nSPS) is 11.7. The van der Waals surface area contributed by atoms with Crippen LogP contribution in [0, 0.1) is 0 Å². The van der Waals surface area contributed by atoms with E-state index >= 15 is 0 Å². The molecule has 0 aliphatic rings. The summed E-state index contributed by atoms with van der Waals surface area (Å²) in [5.41, 5.74) is 1.84. The molecule has 0 bridgehead atoms. The number of fused-ring (bicyclic) bond motifs is 1. The lowest BCUT2D eigenvalue weighted by Gasteiger charge is -2.15. The zero-order chi connectivity index (χ0) is 19.4. The van der Waals surface area contributed by atoms with Gasteiger partial charge in [0.25, 0.3) is 5.91 Å². The van der Waals surface area contributed by atoms with Gasteiger partial charge in [0.2, 0.25) is 5.91 Å². The van der Waals surface area contributed by atoms with Gasteiger partial charge in [0.05, 0.1) is 24.3 Å². The van der Waals surface area contributed by atoms with Crippen molar-refractivity contribution in [2.75, 3.05) is 19.5 Å². The number of amides is 2. The van der Waals surface area contributed by atoms with Gasteiger partial charge in [0, 0.05) is 7.05 Å². The second-order valence-corrected chi connectivity index (χ2v) is 6.31. The minimum atomic E-state index is -0.366. The Morgan fingerprint density at radius 2 is 1.67 bits per heavy atom. The number of hydrogen-bond acceptors (Lipinski definition) is 3. The van der Waals surface area contributed by atoms with Gasteiger partial charge in [-0.2, -0.15) is 0 Å². The summed E-state index contributed by atoms with van der Waals surface area (Å²) in [6.07, 6.45) is 0. The van der Waals surface area contributed by atoms with E-state index in [4.69, 9.17) is 4.74 Å². The van der Waals surface area contributed by atoms with Crippen LogP contribution in [0.4, 0.5) is 5.69 Å². The SMILES string of the molecule is CNC(=O)c1ccccc1NC(=O)[C@@H](C)c1ccc2cc(OC)ccc2c1. The highest BCUT2D eigenvalue weighted by molar-refractivity contribution is 6.05. The number of nitrogens with one attached hydrogen (secondary N) is 2. The number of methoxy groups -OCH3 is 1. The smallest absolute Gasteiger partial charge is 0.253 e. The highest BCUT2D eigenvalue weighted by Gasteiger charge is 2.18. The largest absolute Gasteiger partial charge is 0.497 e. The molecule has 138 valence electrons. The highest BCUT2D eigenvalue weighted by Crippen LogP contribution is 2.26. The summed E-state index contributed by atoms with van der Waals surface area (Å²) < 4.78 is 5.25. The summed E-state index contributed by atoms with van der Waals surface area (Å²) in [7, 11) is 3.20. The van der Waals surface area contributed by atoms with Crippen LogP contribution >= 0.6 is 0 Å². The van der Waals surface area contributed by atoms with Gasteiger partial charge in [-0.15, -0.1) is 0 Å². The standard InChI is InChI=1S/C22H22N2O3/c1-14(15-8-9-17-13-18(27-3)11-10-16(17)12-15)21(25)24-20-7-5-4-6-19(20)22(26)23-2/h4-14H,1-3H3,(H,23,26)(H,24,25)/t14-/m0/s1. The van der Waals surface area contributed by atoms with Crippen LogP contribution in [-0.2, 0) is 4.79 Å². The zero-order valence-corrected chi connectivity index (χ0v) is 15.6. The van der Waals surface area contributed by atoms with Crippen molar-refractivity contribution >= 4 is 28.3 Å². The minimum absolute atomic E-state index is 0.167. The number of rotatable bonds is 5. The van der Waals surface area contributed by atoms with Crippen LogP contribution in [-0.4, -0.2) is 26.0 Å². The zero-order valence-electron chi connectivity index (χ0n) is 15.6. The summed E-state index contributed by atoms with van der Waals surface area (Å²) in [6, 6.07) is 18.7. The van der Waals surface area contributed by atoms with Crippen LogP contribution in [0.3, 0.4) is 0 Å². The monoisotopic (exact) mass is 362 g/mol. The molecule has 3 aromatic rings. The number of carbonyl (C=O) groups excluding carboxylic acids is 2. The lowest BCUT2D eigenvalue weighted by atomic mass is 9.96. The molecule has 5 nitrogen and oxygen atoms in total. The predicted molar refractivity (Wildman–Crippen MR) is 107 cm³/mol. The fourth-order valence-electron chi connectivity index (χ4n) is 2.96. The molecule has 3 aromatic carbocycles. The van der Waals surface area contributed by atoms with Crippen molar-refractivity contribution in [1.29, 1.82) is 0 Å². The molecular formula is C22H22N2O3. The number of ether oxygens (including phenoxy) is 1. The van der Waals surface area contributed by atoms with Gasteiger partial charge in [-0.25, -0.2) is 0 Å². The van der Waals surface area contributed by atoms with Crippen molar-refractivity contribution in [2.24, 2.45) is 0 Å². The molecule has 1 atom stereocenters. The maximum atomic E-state index is 12.7. The van der Waals surface area contributed by atoms with E-state index in [1.165, 1.54) is 0 Å². The van der Waals surface area contributed by atoms with Crippen molar-refractivity contribution in [3.05, 3.63) is 71.8 Å². The molecule has 0 fully saturated rings. The molecule has 2 N–H and O–H groups in total. The molecule has 0 aliphatic heterocycles. The van der Waals surface area contributed by atoms with Crippen LogP contribution in [0.5, 0.6) is 5.75 Å². The quantitative estimate of drug-likeness (QED) is 0.722. The lowest BCUT2D eigenvalue weighted by Crippen LogP contribution is -2.23. The first-order valence-electron chi connectivity index (χ1n) is 8.73. The fraction of sp³-hybridized carbons (Fsp3) is 0.182. The third kappa shape index (κ3) is 3.92. The maximum Gasteiger partial charge on any atom is 0.253 e. The van der Waals surface area contributed by atoms with Gasteiger partial charge in [-0.05, 0) is 47.5 Å². The number of benzene rings is 3. The summed E-state index contributed by atoms with van der Waals surface area (Å²) >= 11 is 0. The maximum absolute atomic E-state index is 12.7. The Hall–Kier alpha value is -3.34. The number of hydrogen-bond donors (Lipinski definition) is 2. The highest BCUT2D eigenvalue weighted by atomic mass is 16.5. The average molecular weight is 362 g/mol. The molecule has 2 amide bonds. The summed E-state index contributed by atoms with van der Waals surface area (Å²) in [5, 5.41) is 7.55. The van der Waals surface area contributed by atoms with Gasteiger partial charge in [-0.3, -0.25) is 9.59 Å². The third-order valence-corrected chi connectivity index (χ3v) is 4.62. The second kappa shape index (κ2) is 7.91. The van der Waals surface area contributed by atoms with E-state index in [2.05, 4.69) is 10.6 Å². The Morgan fingerprint density at radius 3 is 2.41 bits per heavy atom. The molecular weight excluding hydrogens is 340 g/mol. The number of anilines is 1. The van der Waals surface area contributed by atoms with Crippen LogP contribution < -0.4 is 15.4 Å². The Morgan fingerprint density at radius 1 is 0.963 bits per heavy atom. The van der Waals surface area contributed by atoms with E-state index in [0.717, 1.165) is 22.1 Å². The summed E-state index contributed by atoms with van der Waals surface area (Å²) in [5.74, 6) is 0.0264. The Balaban J connectivity index is 1.84. The molecule has 0 radical (unpaired) electrons. The summed E-state index contributed by atoms with van der Waals surface area (Å²) in [4.78, 5) is 24.7. The minimum Gasteiger partial charge on any atom is -0.497 e. The molecule has 0 unspecified atom stereocenters. The van der Waals surface area contributed by atoms with Gasteiger partial charge in [0.1, 0.15) is 5.75 Å². The van der Waals surface area contributed by atoms with Crippen LogP contribution in [0.15, 0.2) is 60.7 Å². The second-order valence-electron chi connectivity index (χ2n) is 6.31. The van der Waals surface area contributed by atoms with E-state index in [0.29, 0.717) is 11.3 Å². The van der Waals surface area contributed by atoms with Crippen LogP contribution in [0.25, 0.3) is 10.8 Å². The first kappa shape index (κ1) is 18.5.